The first-order valence-electron chi connectivity index (χ1n) is 4.99. The van der Waals surface area contributed by atoms with Gasteiger partial charge in [-0.05, 0) is 13.3 Å². The Morgan fingerprint density at radius 2 is 2.20 bits per heavy atom. The van der Waals surface area contributed by atoms with Gasteiger partial charge in [-0.25, -0.2) is 4.79 Å². The number of carbonyl (C=O) groups excluding carboxylic acids is 2. The molecule has 0 saturated heterocycles. The maximum absolute atomic E-state index is 11.7. The number of urea groups is 1. The molecule has 0 spiro atoms. The number of nitrogens with one attached hydrogen (secondary N) is 3. The van der Waals surface area contributed by atoms with E-state index in [4.69, 9.17) is 5.11 Å². The van der Waals surface area contributed by atoms with Crippen LogP contribution in [0.3, 0.4) is 0 Å². The Labute approximate surface area is 88.4 Å². The Kier molecular flexibility index (Phi) is 3.52. The smallest absolute Gasteiger partial charge is 0.315 e. The third-order valence-electron chi connectivity index (χ3n) is 2.63. The molecule has 86 valence electrons. The minimum Gasteiger partial charge on any atom is -0.396 e. The van der Waals surface area contributed by atoms with Gasteiger partial charge in [-0.15, -0.1) is 0 Å². The highest BCUT2D eigenvalue weighted by Gasteiger charge is 2.60. The van der Waals surface area contributed by atoms with Crippen molar-refractivity contribution < 1.29 is 14.7 Å². The first-order chi connectivity index (χ1) is 7.10. The second-order valence-corrected chi connectivity index (χ2v) is 3.62. The van der Waals surface area contributed by atoms with Gasteiger partial charge in [-0.2, -0.15) is 0 Å². The summed E-state index contributed by atoms with van der Waals surface area (Å²) in [5.74, 6) is -0.408. The number of likely N-dealkylation sites (N-methyl/N-ethyl adjacent to an activating group) is 1. The van der Waals surface area contributed by atoms with Crippen molar-refractivity contribution in [1.82, 2.24) is 16.0 Å². The Balaban J connectivity index is 2.65. The molecule has 6 nitrogen and oxygen atoms in total. The maximum atomic E-state index is 11.7. The van der Waals surface area contributed by atoms with E-state index in [0.29, 0.717) is 13.0 Å². The number of hydrogen-bond acceptors (Lipinski definition) is 3. The standard InChI is InChI=1S/C9H17N3O3/c1-3-11-7(14)9(4-6(9)5-13)12-8(15)10-2/h6,13H,3-5H2,1-2H3,(H,11,14)(H2,10,12,15)/t6-,9+/m1/s1. The third kappa shape index (κ3) is 2.20. The zero-order valence-corrected chi connectivity index (χ0v) is 8.96. The number of aliphatic hydroxyl groups is 1. The first kappa shape index (κ1) is 11.8. The van der Waals surface area contributed by atoms with E-state index in [-0.39, 0.29) is 18.4 Å². The van der Waals surface area contributed by atoms with Gasteiger partial charge in [0.1, 0.15) is 5.54 Å². The number of rotatable bonds is 4. The van der Waals surface area contributed by atoms with Gasteiger partial charge in [0, 0.05) is 26.1 Å². The van der Waals surface area contributed by atoms with Crippen molar-refractivity contribution in [3.63, 3.8) is 0 Å². The van der Waals surface area contributed by atoms with E-state index < -0.39 is 11.6 Å². The summed E-state index contributed by atoms with van der Waals surface area (Å²) in [7, 11) is 1.48. The summed E-state index contributed by atoms with van der Waals surface area (Å²) >= 11 is 0. The molecule has 0 radical (unpaired) electrons. The van der Waals surface area contributed by atoms with Crippen molar-refractivity contribution in [2.75, 3.05) is 20.2 Å². The van der Waals surface area contributed by atoms with Gasteiger partial charge in [-0.3, -0.25) is 4.79 Å². The summed E-state index contributed by atoms with van der Waals surface area (Å²) in [6.07, 6.45) is 0.489. The molecule has 3 amide bonds. The molecule has 6 heteroatoms. The van der Waals surface area contributed by atoms with Crippen LogP contribution in [0.15, 0.2) is 0 Å². The highest BCUT2D eigenvalue weighted by Crippen LogP contribution is 2.43. The fraction of sp³-hybridized carbons (Fsp3) is 0.778. The molecule has 0 aromatic carbocycles. The molecule has 0 bridgehead atoms. The SMILES string of the molecule is CCNC(=O)[C@]1(NC(=O)NC)C[C@@H]1CO. The molecule has 0 aromatic heterocycles. The van der Waals surface area contributed by atoms with Crippen LogP contribution in [0.4, 0.5) is 4.79 Å². The predicted molar refractivity (Wildman–Crippen MR) is 54.2 cm³/mol. The van der Waals surface area contributed by atoms with Crippen LogP contribution >= 0.6 is 0 Å². The van der Waals surface area contributed by atoms with Gasteiger partial charge < -0.3 is 21.1 Å². The summed E-state index contributed by atoms with van der Waals surface area (Å²) in [5, 5.41) is 16.6. The number of aliphatic hydroxyl groups excluding tert-OH is 1. The average molecular weight is 215 g/mol. The summed E-state index contributed by atoms with van der Waals surface area (Å²) in [6.45, 7) is 2.22. The monoisotopic (exact) mass is 215 g/mol. The summed E-state index contributed by atoms with van der Waals surface area (Å²) in [5.41, 5.74) is -0.912. The van der Waals surface area contributed by atoms with Crippen LogP contribution in [-0.4, -0.2) is 42.8 Å². The Hall–Kier alpha value is -1.30. The lowest BCUT2D eigenvalue weighted by Crippen LogP contribution is -2.53. The van der Waals surface area contributed by atoms with Crippen LogP contribution < -0.4 is 16.0 Å². The number of hydrogen-bond donors (Lipinski definition) is 4. The largest absolute Gasteiger partial charge is 0.396 e. The molecule has 15 heavy (non-hydrogen) atoms. The van der Waals surface area contributed by atoms with Crippen LogP contribution in [0.25, 0.3) is 0 Å². The summed E-state index contributed by atoms with van der Waals surface area (Å²) < 4.78 is 0. The molecule has 1 aliphatic carbocycles. The van der Waals surface area contributed by atoms with Crippen molar-refractivity contribution in [3.8, 4) is 0 Å². The summed E-state index contributed by atoms with van der Waals surface area (Å²) in [6, 6.07) is -0.405. The topological polar surface area (TPSA) is 90.5 Å². The van der Waals surface area contributed by atoms with E-state index in [0.717, 1.165) is 0 Å². The quantitative estimate of drug-likeness (QED) is 0.475. The zero-order valence-electron chi connectivity index (χ0n) is 8.96. The van der Waals surface area contributed by atoms with Crippen molar-refractivity contribution in [2.24, 2.45) is 5.92 Å². The molecule has 4 N–H and O–H groups in total. The lowest BCUT2D eigenvalue weighted by atomic mass is 10.2. The predicted octanol–water partition coefficient (Wildman–Crippen LogP) is -1.20. The van der Waals surface area contributed by atoms with E-state index in [9.17, 15) is 9.59 Å². The molecule has 0 aromatic rings. The van der Waals surface area contributed by atoms with E-state index >= 15 is 0 Å². The second-order valence-electron chi connectivity index (χ2n) is 3.62. The van der Waals surface area contributed by atoms with E-state index in [1.54, 1.807) is 0 Å². The zero-order chi connectivity index (χ0) is 11.5. The fourth-order valence-electron chi connectivity index (χ4n) is 1.62. The fourth-order valence-corrected chi connectivity index (χ4v) is 1.62. The van der Waals surface area contributed by atoms with Gasteiger partial charge in [-0.1, -0.05) is 0 Å². The average Bonchev–Trinajstić information content (AvgIpc) is 2.93. The number of amides is 3. The Morgan fingerprint density at radius 3 is 2.60 bits per heavy atom. The van der Waals surface area contributed by atoms with Crippen LogP contribution in [0, 0.1) is 5.92 Å². The van der Waals surface area contributed by atoms with Gasteiger partial charge in [0.05, 0.1) is 0 Å². The van der Waals surface area contributed by atoms with E-state index in [2.05, 4.69) is 16.0 Å². The van der Waals surface area contributed by atoms with Crippen LogP contribution in [0.5, 0.6) is 0 Å². The molecule has 1 fully saturated rings. The Morgan fingerprint density at radius 1 is 1.53 bits per heavy atom. The molecule has 0 aliphatic heterocycles. The summed E-state index contributed by atoms with van der Waals surface area (Å²) in [4.78, 5) is 22.8. The van der Waals surface area contributed by atoms with Crippen molar-refractivity contribution >= 4 is 11.9 Å². The van der Waals surface area contributed by atoms with Gasteiger partial charge in [0.2, 0.25) is 5.91 Å². The van der Waals surface area contributed by atoms with Crippen molar-refractivity contribution in [1.29, 1.82) is 0 Å². The molecule has 1 aliphatic rings. The molecular formula is C9H17N3O3. The van der Waals surface area contributed by atoms with Gasteiger partial charge >= 0.3 is 6.03 Å². The van der Waals surface area contributed by atoms with Crippen LogP contribution in [0.1, 0.15) is 13.3 Å². The van der Waals surface area contributed by atoms with Crippen molar-refractivity contribution in [2.45, 2.75) is 18.9 Å². The van der Waals surface area contributed by atoms with Gasteiger partial charge in [0.25, 0.3) is 0 Å². The highest BCUT2D eigenvalue weighted by molar-refractivity contribution is 5.94. The minimum absolute atomic E-state index is 0.0961. The molecule has 0 heterocycles. The van der Waals surface area contributed by atoms with Gasteiger partial charge in [0.15, 0.2) is 0 Å². The third-order valence-corrected chi connectivity index (χ3v) is 2.63. The number of carbonyl (C=O) groups is 2. The maximum Gasteiger partial charge on any atom is 0.315 e. The molecular weight excluding hydrogens is 198 g/mol. The van der Waals surface area contributed by atoms with E-state index in [1.165, 1.54) is 7.05 Å². The lowest BCUT2D eigenvalue weighted by Gasteiger charge is -2.17. The first-order valence-corrected chi connectivity index (χ1v) is 4.99. The molecule has 1 rings (SSSR count). The molecule has 2 atom stereocenters. The highest BCUT2D eigenvalue weighted by atomic mass is 16.3. The van der Waals surface area contributed by atoms with Crippen LogP contribution in [0.2, 0.25) is 0 Å². The normalized spacial score (nSPS) is 28.1. The Bertz CT molecular complexity index is 269. The minimum atomic E-state index is -0.912. The molecule has 1 saturated carbocycles. The lowest BCUT2D eigenvalue weighted by molar-refractivity contribution is -0.124. The van der Waals surface area contributed by atoms with Crippen molar-refractivity contribution in [3.05, 3.63) is 0 Å². The second kappa shape index (κ2) is 4.48. The van der Waals surface area contributed by atoms with Crippen LogP contribution in [-0.2, 0) is 4.79 Å². The molecule has 0 unspecified atom stereocenters. The van der Waals surface area contributed by atoms with E-state index in [1.807, 2.05) is 6.92 Å².